The monoisotopic (exact) mass is 678 g/mol. The molecule has 5 fully saturated rings. The van der Waals surface area contributed by atoms with Gasteiger partial charge >= 0.3 is 5.97 Å². The molecule has 270 valence electrons. The van der Waals surface area contributed by atoms with Gasteiger partial charge in [0.15, 0.2) is 0 Å². The molecule has 1 N–H and O–H groups in total. The molecule has 7 heteroatoms. The zero-order chi connectivity index (χ0) is 35.4. The van der Waals surface area contributed by atoms with Gasteiger partial charge in [0.05, 0.1) is 32.3 Å². The number of hydrogen-bond acceptors (Lipinski definition) is 4. The third-order valence-corrected chi connectivity index (χ3v) is 16.2. The van der Waals surface area contributed by atoms with Crippen molar-refractivity contribution in [3.8, 4) is 0 Å². The molecule has 0 bridgehead atoms. The highest BCUT2D eigenvalue weighted by Gasteiger charge is 2.70. The molecule has 1 aromatic rings. The van der Waals surface area contributed by atoms with E-state index in [1.54, 1.807) is 4.90 Å². The number of halogens is 2. The third kappa shape index (κ3) is 5.19. The van der Waals surface area contributed by atoms with Gasteiger partial charge in [0.1, 0.15) is 0 Å². The zero-order valence-corrected chi connectivity index (χ0v) is 31.3. The van der Waals surface area contributed by atoms with Crippen LogP contribution < -0.4 is 5.32 Å². The lowest BCUT2D eigenvalue weighted by atomic mass is 9.33. The standard InChI is InChI=1S/C42H60F2N2O3/c1-26(2)29-15-20-41(45-34(47)23-46-24-42(43,44)25-46)22-21-39(6)31(35(29)41)13-14-33-38(5)18-16-30(27-9-11-28(12-10-27)36(48)49-8)37(3,4)32(38)17-19-40(33,39)7/h9-12,16,26,29,31-33,35H,13-15,17-25H2,1-8H3,(H,45,47)/t29-,31+,32?,33?,35?,38-,39+,40+,41-/m0/s1. The van der Waals surface area contributed by atoms with Gasteiger partial charge in [0.25, 0.3) is 5.92 Å². The minimum Gasteiger partial charge on any atom is -0.465 e. The van der Waals surface area contributed by atoms with E-state index in [4.69, 9.17) is 4.74 Å². The maximum absolute atomic E-state index is 13.6. The van der Waals surface area contributed by atoms with Gasteiger partial charge in [-0.1, -0.05) is 66.7 Å². The lowest BCUT2D eigenvalue weighted by Gasteiger charge is -2.72. The van der Waals surface area contributed by atoms with Crippen molar-refractivity contribution in [1.82, 2.24) is 10.2 Å². The summed E-state index contributed by atoms with van der Waals surface area (Å²) in [7, 11) is 1.43. The van der Waals surface area contributed by atoms with Crippen molar-refractivity contribution in [1.29, 1.82) is 0 Å². The summed E-state index contributed by atoms with van der Waals surface area (Å²) in [6.07, 6.45) is 12.7. The van der Waals surface area contributed by atoms with Crippen LogP contribution >= 0.6 is 0 Å². The Balaban J connectivity index is 1.17. The van der Waals surface area contributed by atoms with Crippen molar-refractivity contribution in [2.24, 2.45) is 57.2 Å². The van der Waals surface area contributed by atoms with Crippen LogP contribution in [0.3, 0.4) is 0 Å². The number of hydrogen-bond donors (Lipinski definition) is 1. The maximum atomic E-state index is 13.6. The van der Waals surface area contributed by atoms with Gasteiger partial charge in [-0.05, 0) is 138 Å². The molecule has 1 saturated heterocycles. The Morgan fingerprint density at radius 3 is 2.22 bits per heavy atom. The molecular formula is C42H60F2N2O3. The zero-order valence-electron chi connectivity index (χ0n) is 31.3. The number of nitrogens with one attached hydrogen (secondary N) is 1. The number of carbonyl (C=O) groups excluding carboxylic acids is 2. The van der Waals surface area contributed by atoms with Gasteiger partial charge in [-0.15, -0.1) is 0 Å². The molecule has 7 rings (SSSR count). The van der Waals surface area contributed by atoms with Crippen LogP contribution in [0.4, 0.5) is 8.78 Å². The highest BCUT2D eigenvalue weighted by atomic mass is 19.3. The first-order chi connectivity index (χ1) is 22.9. The Morgan fingerprint density at radius 1 is 0.898 bits per heavy atom. The van der Waals surface area contributed by atoms with Crippen LogP contribution in [0.2, 0.25) is 0 Å². The predicted molar refractivity (Wildman–Crippen MR) is 190 cm³/mol. The molecule has 9 atom stereocenters. The lowest BCUT2D eigenvalue weighted by Crippen LogP contribution is -2.69. The van der Waals surface area contributed by atoms with Crippen molar-refractivity contribution >= 4 is 17.4 Å². The average Bonchev–Trinajstić information content (AvgIpc) is 3.39. The van der Waals surface area contributed by atoms with Crippen molar-refractivity contribution < 1.29 is 23.1 Å². The maximum Gasteiger partial charge on any atom is 0.337 e. The van der Waals surface area contributed by atoms with Crippen molar-refractivity contribution in [3.05, 3.63) is 41.5 Å². The molecule has 6 aliphatic rings. The molecule has 1 aliphatic heterocycles. The second kappa shape index (κ2) is 11.6. The Kier molecular flexibility index (Phi) is 8.33. The highest BCUT2D eigenvalue weighted by molar-refractivity contribution is 5.90. The van der Waals surface area contributed by atoms with Crippen LogP contribution in [0, 0.1) is 57.2 Å². The Bertz CT molecular complexity index is 1510. The summed E-state index contributed by atoms with van der Waals surface area (Å²) in [6, 6.07) is 7.99. The van der Waals surface area contributed by atoms with E-state index in [-0.39, 0.29) is 58.7 Å². The summed E-state index contributed by atoms with van der Waals surface area (Å²) in [4.78, 5) is 27.2. The third-order valence-electron chi connectivity index (χ3n) is 16.2. The minimum atomic E-state index is -2.66. The SMILES string of the molecule is COC(=O)c1ccc(C2=CC[C@@]3(C)C(CC[C@]4(C)C3CC[C@@H]3C5[C@H](C(C)C)CC[C@]5(NC(=O)CN5CC(F)(F)C5)CC[C@]34C)C2(C)C)cc1. The van der Waals surface area contributed by atoms with Crippen molar-refractivity contribution in [3.63, 3.8) is 0 Å². The van der Waals surface area contributed by atoms with E-state index in [9.17, 15) is 18.4 Å². The van der Waals surface area contributed by atoms with Gasteiger partial charge in [-0.3, -0.25) is 9.69 Å². The summed E-state index contributed by atoms with van der Waals surface area (Å²) in [6.45, 7) is 17.0. The van der Waals surface area contributed by atoms with Gasteiger partial charge in [-0.2, -0.15) is 0 Å². The topological polar surface area (TPSA) is 58.6 Å². The van der Waals surface area contributed by atoms with E-state index >= 15 is 0 Å². The summed E-state index contributed by atoms with van der Waals surface area (Å²) in [5.41, 5.74) is 3.55. The van der Waals surface area contributed by atoms with Crippen LogP contribution in [0.1, 0.15) is 122 Å². The molecule has 5 nitrogen and oxygen atoms in total. The number of benzene rings is 1. The number of amides is 1. The molecule has 3 unspecified atom stereocenters. The van der Waals surface area contributed by atoms with Gasteiger partial charge in [0, 0.05) is 5.54 Å². The summed E-state index contributed by atoms with van der Waals surface area (Å²) in [5.74, 6) is 0.241. The van der Waals surface area contributed by atoms with Crippen molar-refractivity contribution in [2.45, 2.75) is 118 Å². The largest absolute Gasteiger partial charge is 0.465 e. The Morgan fingerprint density at radius 2 is 1.59 bits per heavy atom. The summed E-state index contributed by atoms with van der Waals surface area (Å²) >= 11 is 0. The molecule has 49 heavy (non-hydrogen) atoms. The van der Waals surface area contributed by atoms with E-state index < -0.39 is 5.92 Å². The number of nitrogens with zero attached hydrogens (tertiary/aromatic N) is 1. The Labute approximate surface area is 293 Å². The number of allylic oxidation sites excluding steroid dienone is 2. The molecule has 0 aromatic heterocycles. The number of rotatable bonds is 6. The molecule has 5 aliphatic carbocycles. The predicted octanol–water partition coefficient (Wildman–Crippen LogP) is 9.02. The smallest absolute Gasteiger partial charge is 0.337 e. The van der Waals surface area contributed by atoms with Crippen LogP contribution in [-0.2, 0) is 9.53 Å². The molecule has 0 spiro atoms. The lowest BCUT2D eigenvalue weighted by molar-refractivity contribution is -0.221. The van der Waals surface area contributed by atoms with E-state index in [1.165, 1.54) is 43.9 Å². The van der Waals surface area contributed by atoms with Gasteiger partial charge in [-0.25, -0.2) is 13.6 Å². The number of ether oxygens (including phenoxy) is 1. The number of fused-ring (bicyclic) bond motifs is 7. The van der Waals surface area contributed by atoms with E-state index in [2.05, 4.69) is 72.0 Å². The van der Waals surface area contributed by atoms with Crippen LogP contribution in [-0.4, -0.2) is 55.0 Å². The Hall–Kier alpha value is -2.28. The van der Waals surface area contributed by atoms with Gasteiger partial charge < -0.3 is 10.1 Å². The van der Waals surface area contributed by atoms with E-state index in [0.29, 0.717) is 41.1 Å². The number of methoxy groups -OCH3 is 1. The number of alkyl halides is 2. The van der Waals surface area contributed by atoms with E-state index in [0.717, 1.165) is 32.1 Å². The number of likely N-dealkylation sites (tertiary alicyclic amines) is 1. The summed E-state index contributed by atoms with van der Waals surface area (Å²) < 4.78 is 32.1. The first-order valence-electron chi connectivity index (χ1n) is 19.2. The quantitative estimate of drug-likeness (QED) is 0.305. The number of carbonyl (C=O) groups is 2. The van der Waals surface area contributed by atoms with Crippen molar-refractivity contribution in [2.75, 3.05) is 26.7 Å². The highest BCUT2D eigenvalue weighted by Crippen LogP contribution is 2.76. The van der Waals surface area contributed by atoms with Crippen LogP contribution in [0.25, 0.3) is 5.57 Å². The van der Waals surface area contributed by atoms with E-state index in [1.807, 2.05) is 12.1 Å². The normalized spacial score (nSPS) is 42.1. The van der Waals surface area contributed by atoms with Crippen LogP contribution in [0.15, 0.2) is 30.3 Å². The first kappa shape index (κ1) is 35.1. The molecule has 4 saturated carbocycles. The molecular weight excluding hydrogens is 618 g/mol. The molecule has 1 aromatic carbocycles. The molecule has 1 heterocycles. The fourth-order valence-electron chi connectivity index (χ4n) is 13.9. The fourth-order valence-corrected chi connectivity index (χ4v) is 13.9. The average molecular weight is 679 g/mol. The minimum absolute atomic E-state index is 0.000515. The fraction of sp³-hybridized carbons (Fsp3) is 0.762. The second-order valence-electron chi connectivity index (χ2n) is 19.0. The molecule has 1 amide bonds. The molecule has 0 radical (unpaired) electrons. The summed E-state index contributed by atoms with van der Waals surface area (Å²) in [5, 5.41) is 3.58. The first-order valence-corrected chi connectivity index (χ1v) is 19.2. The van der Waals surface area contributed by atoms with Crippen LogP contribution in [0.5, 0.6) is 0 Å². The second-order valence-corrected chi connectivity index (χ2v) is 19.0. The number of esters is 1. The van der Waals surface area contributed by atoms with Gasteiger partial charge in [0.2, 0.25) is 5.91 Å².